The van der Waals surface area contributed by atoms with Crippen LogP contribution in [-0.4, -0.2) is 10.9 Å². The molecule has 8 heteroatoms. The van der Waals surface area contributed by atoms with Crippen molar-refractivity contribution in [2.24, 2.45) is 0 Å². The van der Waals surface area contributed by atoms with E-state index < -0.39 is 23.5 Å². The number of alkyl halides is 3. The Morgan fingerprint density at radius 1 is 1.32 bits per heavy atom. The van der Waals surface area contributed by atoms with Gasteiger partial charge in [0.15, 0.2) is 0 Å². The molecule has 0 saturated heterocycles. The fourth-order valence-electron chi connectivity index (χ4n) is 1.85. The normalized spacial score (nSPS) is 11.3. The van der Waals surface area contributed by atoms with Crippen molar-refractivity contribution < 1.29 is 18.0 Å². The van der Waals surface area contributed by atoms with Gasteiger partial charge in [0.1, 0.15) is 5.82 Å². The highest BCUT2D eigenvalue weighted by Gasteiger charge is 2.34. The van der Waals surface area contributed by atoms with E-state index in [9.17, 15) is 18.0 Å². The zero-order chi connectivity index (χ0) is 16.5. The molecule has 0 aliphatic carbocycles. The Hall–Kier alpha value is -2.09. The monoisotopic (exact) mass is 373 g/mol. The molecule has 1 aromatic carbocycles. The van der Waals surface area contributed by atoms with Crippen molar-refractivity contribution in [2.45, 2.75) is 13.1 Å². The van der Waals surface area contributed by atoms with Crippen LogP contribution in [0, 0.1) is 6.92 Å². The maximum atomic E-state index is 12.8. The van der Waals surface area contributed by atoms with Gasteiger partial charge in [-0.15, -0.1) is 0 Å². The number of carbonyl (C=O) groups is 1. The van der Waals surface area contributed by atoms with Crippen LogP contribution in [-0.2, 0) is 6.18 Å². The Balaban J connectivity index is 2.29. The van der Waals surface area contributed by atoms with Crippen molar-refractivity contribution >= 4 is 33.3 Å². The summed E-state index contributed by atoms with van der Waals surface area (Å²) in [6, 6.07) is 5.74. The van der Waals surface area contributed by atoms with Gasteiger partial charge in [0.05, 0.1) is 17.4 Å². The minimum Gasteiger partial charge on any atom is -0.383 e. The summed E-state index contributed by atoms with van der Waals surface area (Å²) in [5, 5.41) is 2.39. The van der Waals surface area contributed by atoms with Crippen molar-refractivity contribution in [1.82, 2.24) is 4.98 Å². The Labute approximate surface area is 132 Å². The molecule has 0 spiro atoms. The van der Waals surface area contributed by atoms with Gasteiger partial charge in [-0.1, -0.05) is 15.9 Å². The van der Waals surface area contributed by atoms with Crippen LogP contribution in [0.5, 0.6) is 0 Å². The van der Waals surface area contributed by atoms with E-state index in [0.717, 1.165) is 16.7 Å². The number of nitrogens with one attached hydrogen (secondary N) is 1. The van der Waals surface area contributed by atoms with Crippen molar-refractivity contribution in [3.63, 3.8) is 0 Å². The molecule has 1 amide bonds. The minimum absolute atomic E-state index is 0.0751. The summed E-state index contributed by atoms with van der Waals surface area (Å²) in [6.45, 7) is 1.72. The summed E-state index contributed by atoms with van der Waals surface area (Å²) in [5.74, 6) is -1.16. The van der Waals surface area contributed by atoms with Gasteiger partial charge in [-0.2, -0.15) is 13.2 Å². The van der Waals surface area contributed by atoms with Crippen LogP contribution in [0.4, 0.5) is 24.7 Å². The van der Waals surface area contributed by atoms with Crippen molar-refractivity contribution in [2.75, 3.05) is 11.1 Å². The number of aryl methyl sites for hydroxylation is 1. The number of nitrogen functional groups attached to an aromatic ring is 1. The molecule has 0 atom stereocenters. The van der Waals surface area contributed by atoms with Gasteiger partial charge in [-0.3, -0.25) is 4.79 Å². The Bertz CT molecular complexity index is 732. The molecular formula is C14H11BrF3N3O. The number of hydrogen-bond acceptors (Lipinski definition) is 3. The molecule has 0 radical (unpaired) electrons. The molecule has 0 aliphatic heterocycles. The molecule has 0 unspecified atom stereocenters. The fourth-order valence-corrected chi connectivity index (χ4v) is 2.33. The van der Waals surface area contributed by atoms with Crippen molar-refractivity contribution in [3.8, 4) is 0 Å². The predicted molar refractivity (Wildman–Crippen MR) is 80.5 cm³/mol. The molecule has 3 N–H and O–H groups in total. The highest BCUT2D eigenvalue weighted by atomic mass is 79.9. The molecular weight excluding hydrogens is 363 g/mol. The first-order chi connectivity index (χ1) is 10.2. The average molecular weight is 374 g/mol. The third-order valence-electron chi connectivity index (χ3n) is 2.91. The standard InChI is InChI=1S/C14H11BrF3N3O/c1-7-4-8(15)2-3-10(7)13(22)21-9-5-11(14(16,17)18)12(19)20-6-9/h2-6H,1H3,(H2,19,20)(H,21,22). The van der Waals surface area contributed by atoms with E-state index in [4.69, 9.17) is 5.73 Å². The average Bonchev–Trinajstić information content (AvgIpc) is 2.39. The zero-order valence-corrected chi connectivity index (χ0v) is 12.9. The van der Waals surface area contributed by atoms with Crippen LogP contribution in [0.3, 0.4) is 0 Å². The van der Waals surface area contributed by atoms with E-state index in [1.165, 1.54) is 0 Å². The second-order valence-electron chi connectivity index (χ2n) is 4.57. The van der Waals surface area contributed by atoms with Gasteiger partial charge >= 0.3 is 6.18 Å². The Morgan fingerprint density at radius 2 is 2.00 bits per heavy atom. The quantitative estimate of drug-likeness (QED) is 0.835. The lowest BCUT2D eigenvalue weighted by atomic mass is 10.1. The van der Waals surface area contributed by atoms with Crippen LogP contribution >= 0.6 is 15.9 Å². The molecule has 0 bridgehead atoms. The number of anilines is 2. The first-order valence-corrected chi connectivity index (χ1v) is 6.88. The number of rotatable bonds is 2. The van der Waals surface area contributed by atoms with E-state index in [1.54, 1.807) is 25.1 Å². The molecule has 4 nitrogen and oxygen atoms in total. The van der Waals surface area contributed by atoms with Crippen LogP contribution in [0.15, 0.2) is 34.9 Å². The molecule has 0 saturated carbocycles. The molecule has 2 rings (SSSR count). The van der Waals surface area contributed by atoms with Gasteiger partial charge < -0.3 is 11.1 Å². The summed E-state index contributed by atoms with van der Waals surface area (Å²) >= 11 is 3.27. The van der Waals surface area contributed by atoms with Gasteiger partial charge in [-0.25, -0.2) is 4.98 Å². The molecule has 0 aliphatic rings. The van der Waals surface area contributed by atoms with Crippen molar-refractivity contribution in [1.29, 1.82) is 0 Å². The van der Waals surface area contributed by atoms with Crippen LogP contribution in [0.25, 0.3) is 0 Å². The first kappa shape index (κ1) is 16.3. The summed E-state index contributed by atoms with van der Waals surface area (Å²) in [5.41, 5.74) is 5.09. The maximum absolute atomic E-state index is 12.8. The first-order valence-electron chi connectivity index (χ1n) is 6.08. The maximum Gasteiger partial charge on any atom is 0.420 e. The number of hydrogen-bond donors (Lipinski definition) is 2. The number of carbonyl (C=O) groups excluding carboxylic acids is 1. The summed E-state index contributed by atoms with van der Waals surface area (Å²) in [7, 11) is 0. The van der Waals surface area contributed by atoms with Crippen molar-refractivity contribution in [3.05, 3.63) is 51.6 Å². The third-order valence-corrected chi connectivity index (χ3v) is 3.41. The van der Waals surface area contributed by atoms with E-state index in [-0.39, 0.29) is 5.69 Å². The highest BCUT2D eigenvalue weighted by Crippen LogP contribution is 2.34. The lowest BCUT2D eigenvalue weighted by molar-refractivity contribution is -0.137. The summed E-state index contributed by atoms with van der Waals surface area (Å²) in [6.07, 6.45) is -3.55. The van der Waals surface area contributed by atoms with E-state index in [1.807, 2.05) is 0 Å². The topological polar surface area (TPSA) is 68.0 Å². The summed E-state index contributed by atoms with van der Waals surface area (Å²) in [4.78, 5) is 15.6. The van der Waals surface area contributed by atoms with Crippen LogP contribution in [0.1, 0.15) is 21.5 Å². The second-order valence-corrected chi connectivity index (χ2v) is 5.48. The van der Waals surface area contributed by atoms with Gasteiger partial charge in [0.2, 0.25) is 0 Å². The Kier molecular flexibility index (Phi) is 4.41. The van der Waals surface area contributed by atoms with E-state index in [0.29, 0.717) is 11.1 Å². The number of nitrogens with zero attached hydrogens (tertiary/aromatic N) is 1. The number of pyridine rings is 1. The van der Waals surface area contributed by atoms with Gasteiger partial charge in [-0.05, 0) is 36.8 Å². The third kappa shape index (κ3) is 3.56. The molecule has 1 heterocycles. The zero-order valence-electron chi connectivity index (χ0n) is 11.3. The smallest absolute Gasteiger partial charge is 0.383 e. The number of halogens is 4. The lowest BCUT2D eigenvalue weighted by Gasteiger charge is -2.12. The fraction of sp³-hybridized carbons (Fsp3) is 0.143. The molecule has 116 valence electrons. The van der Waals surface area contributed by atoms with Crippen LogP contribution < -0.4 is 11.1 Å². The van der Waals surface area contributed by atoms with Gasteiger partial charge in [0, 0.05) is 10.0 Å². The van der Waals surface area contributed by atoms with E-state index >= 15 is 0 Å². The number of aromatic nitrogens is 1. The summed E-state index contributed by atoms with van der Waals surface area (Å²) < 4.78 is 39.1. The molecule has 2 aromatic rings. The van der Waals surface area contributed by atoms with Crippen LogP contribution in [0.2, 0.25) is 0 Å². The molecule has 1 aromatic heterocycles. The molecule has 22 heavy (non-hydrogen) atoms. The number of amides is 1. The predicted octanol–water partition coefficient (Wildman–Crippen LogP) is 4.01. The largest absolute Gasteiger partial charge is 0.420 e. The molecule has 0 fully saturated rings. The highest BCUT2D eigenvalue weighted by molar-refractivity contribution is 9.10. The second kappa shape index (κ2) is 5.96. The van der Waals surface area contributed by atoms with Gasteiger partial charge in [0.25, 0.3) is 5.91 Å². The Morgan fingerprint density at radius 3 is 2.59 bits per heavy atom. The number of benzene rings is 1. The minimum atomic E-state index is -4.63. The van der Waals surface area contributed by atoms with E-state index in [2.05, 4.69) is 26.2 Å². The number of nitrogens with two attached hydrogens (primary N) is 1. The SMILES string of the molecule is Cc1cc(Br)ccc1C(=O)Nc1cnc(N)c(C(F)(F)F)c1. The lowest BCUT2D eigenvalue weighted by Crippen LogP contribution is -2.16.